The van der Waals surface area contributed by atoms with Crippen molar-refractivity contribution in [1.29, 1.82) is 0 Å². The summed E-state index contributed by atoms with van der Waals surface area (Å²) in [6.07, 6.45) is 0.820. The fourth-order valence-electron chi connectivity index (χ4n) is 1.49. The quantitative estimate of drug-likeness (QED) is 0.600. The van der Waals surface area contributed by atoms with Crippen LogP contribution in [0.1, 0.15) is 6.42 Å². The van der Waals surface area contributed by atoms with Crippen molar-refractivity contribution < 1.29 is 14.3 Å². The summed E-state index contributed by atoms with van der Waals surface area (Å²) in [5.74, 6) is 0.271. The van der Waals surface area contributed by atoms with Crippen LogP contribution in [0.15, 0.2) is 0 Å². The molecule has 1 N–H and O–H groups in total. The molecule has 1 saturated heterocycles. The van der Waals surface area contributed by atoms with Crippen molar-refractivity contribution in [2.45, 2.75) is 12.5 Å². The highest BCUT2D eigenvalue weighted by Gasteiger charge is 2.29. The van der Waals surface area contributed by atoms with E-state index in [2.05, 4.69) is 10.1 Å². The van der Waals surface area contributed by atoms with Crippen molar-refractivity contribution in [3.63, 3.8) is 0 Å². The smallest absolute Gasteiger partial charge is 0.322 e. The zero-order valence-electron chi connectivity index (χ0n) is 7.50. The first-order valence-electron chi connectivity index (χ1n) is 4.08. The van der Waals surface area contributed by atoms with E-state index in [9.17, 15) is 4.79 Å². The molecule has 4 heteroatoms. The molecule has 70 valence electrons. The van der Waals surface area contributed by atoms with E-state index in [4.69, 9.17) is 4.74 Å². The van der Waals surface area contributed by atoms with Crippen LogP contribution in [0.5, 0.6) is 0 Å². The highest BCUT2D eigenvalue weighted by molar-refractivity contribution is 5.75. The Bertz CT molecular complexity index is 160. The molecule has 0 saturated carbocycles. The van der Waals surface area contributed by atoms with E-state index < -0.39 is 0 Å². The van der Waals surface area contributed by atoms with Crippen molar-refractivity contribution in [1.82, 2.24) is 5.32 Å². The van der Waals surface area contributed by atoms with Crippen molar-refractivity contribution in [2.75, 3.05) is 27.4 Å². The summed E-state index contributed by atoms with van der Waals surface area (Å²) >= 11 is 0. The molecule has 1 fully saturated rings. The van der Waals surface area contributed by atoms with Gasteiger partial charge in [-0.25, -0.2) is 0 Å². The maximum Gasteiger partial charge on any atom is 0.322 e. The van der Waals surface area contributed by atoms with Gasteiger partial charge in [-0.05, 0) is 12.3 Å². The van der Waals surface area contributed by atoms with Gasteiger partial charge in [0, 0.05) is 13.7 Å². The summed E-state index contributed by atoms with van der Waals surface area (Å²) < 4.78 is 9.61. The second kappa shape index (κ2) is 4.42. The van der Waals surface area contributed by atoms with Gasteiger partial charge in [-0.3, -0.25) is 4.79 Å². The average Bonchev–Trinajstić information content (AvgIpc) is 2.52. The highest BCUT2D eigenvalue weighted by Crippen LogP contribution is 2.14. The van der Waals surface area contributed by atoms with Gasteiger partial charge in [0.2, 0.25) is 0 Å². The largest absolute Gasteiger partial charge is 0.468 e. The molecule has 0 bridgehead atoms. The lowest BCUT2D eigenvalue weighted by atomic mass is 10.1. The molecule has 0 aromatic rings. The number of rotatable bonds is 3. The van der Waals surface area contributed by atoms with E-state index in [1.807, 2.05) is 0 Å². The summed E-state index contributed by atoms with van der Waals surface area (Å²) in [5, 5.41) is 3.09. The molecule has 12 heavy (non-hydrogen) atoms. The van der Waals surface area contributed by atoms with Gasteiger partial charge in [0.1, 0.15) is 6.04 Å². The fraction of sp³-hybridized carbons (Fsp3) is 0.875. The molecule has 1 aliphatic rings. The predicted molar refractivity (Wildman–Crippen MR) is 43.8 cm³/mol. The molecule has 2 unspecified atom stereocenters. The van der Waals surface area contributed by atoms with Crippen LogP contribution in [-0.2, 0) is 14.3 Å². The number of ether oxygens (including phenoxy) is 2. The van der Waals surface area contributed by atoms with Gasteiger partial charge in [0.05, 0.1) is 13.7 Å². The minimum absolute atomic E-state index is 0.129. The summed E-state index contributed by atoms with van der Waals surface area (Å²) in [6, 6.07) is -0.129. The number of carbonyl (C=O) groups is 1. The third-order valence-electron chi connectivity index (χ3n) is 2.11. The second-order valence-corrected chi connectivity index (χ2v) is 3.04. The first-order valence-corrected chi connectivity index (χ1v) is 4.08. The molecular weight excluding hydrogens is 158 g/mol. The van der Waals surface area contributed by atoms with E-state index in [1.54, 1.807) is 7.11 Å². The Morgan fingerprint density at radius 2 is 2.33 bits per heavy atom. The van der Waals surface area contributed by atoms with E-state index >= 15 is 0 Å². The molecule has 1 aliphatic heterocycles. The van der Waals surface area contributed by atoms with Gasteiger partial charge in [-0.1, -0.05) is 0 Å². The van der Waals surface area contributed by atoms with Crippen molar-refractivity contribution in [3.05, 3.63) is 0 Å². The van der Waals surface area contributed by atoms with Crippen LogP contribution < -0.4 is 5.32 Å². The van der Waals surface area contributed by atoms with Crippen LogP contribution in [0.4, 0.5) is 0 Å². The normalized spacial score (nSPS) is 28.8. The Labute approximate surface area is 72.2 Å². The third kappa shape index (κ3) is 2.19. The van der Waals surface area contributed by atoms with Gasteiger partial charge in [0.15, 0.2) is 0 Å². The molecule has 0 spiro atoms. The topological polar surface area (TPSA) is 47.6 Å². The minimum Gasteiger partial charge on any atom is -0.468 e. The Kier molecular flexibility index (Phi) is 3.49. The molecule has 1 heterocycles. The van der Waals surface area contributed by atoms with Crippen LogP contribution in [0.25, 0.3) is 0 Å². The first-order chi connectivity index (χ1) is 5.77. The monoisotopic (exact) mass is 173 g/mol. The summed E-state index contributed by atoms with van der Waals surface area (Å²) in [5.41, 5.74) is 0. The van der Waals surface area contributed by atoms with Crippen LogP contribution in [0.2, 0.25) is 0 Å². The number of esters is 1. The van der Waals surface area contributed by atoms with Crippen LogP contribution in [0.3, 0.4) is 0 Å². The molecule has 0 amide bonds. The molecular formula is C8H15NO3. The first kappa shape index (κ1) is 9.48. The molecule has 2 atom stereocenters. The summed E-state index contributed by atoms with van der Waals surface area (Å²) in [6.45, 7) is 1.55. The van der Waals surface area contributed by atoms with Crippen LogP contribution >= 0.6 is 0 Å². The Morgan fingerprint density at radius 1 is 1.58 bits per heavy atom. The van der Waals surface area contributed by atoms with Crippen molar-refractivity contribution in [3.8, 4) is 0 Å². The molecule has 0 aromatic heterocycles. The predicted octanol–water partition coefficient (Wildman–Crippen LogP) is -0.216. The molecule has 1 rings (SSSR count). The zero-order chi connectivity index (χ0) is 8.97. The number of carbonyl (C=O) groups excluding carboxylic acids is 1. The Balaban J connectivity index is 2.30. The van der Waals surface area contributed by atoms with E-state index in [0.29, 0.717) is 12.5 Å². The van der Waals surface area contributed by atoms with Gasteiger partial charge in [0.25, 0.3) is 0 Å². The van der Waals surface area contributed by atoms with E-state index in [0.717, 1.165) is 13.0 Å². The number of methoxy groups -OCH3 is 2. The minimum atomic E-state index is -0.173. The van der Waals surface area contributed by atoms with Crippen molar-refractivity contribution >= 4 is 5.97 Å². The van der Waals surface area contributed by atoms with Gasteiger partial charge in [-0.2, -0.15) is 0 Å². The van der Waals surface area contributed by atoms with Gasteiger partial charge in [-0.15, -0.1) is 0 Å². The SMILES string of the molecule is COCC1CNC(C(=O)OC)C1. The Hall–Kier alpha value is -0.610. The molecule has 0 radical (unpaired) electrons. The lowest BCUT2D eigenvalue weighted by molar-refractivity contribution is -0.142. The van der Waals surface area contributed by atoms with Crippen molar-refractivity contribution in [2.24, 2.45) is 5.92 Å². The van der Waals surface area contributed by atoms with Crippen LogP contribution in [0, 0.1) is 5.92 Å². The Morgan fingerprint density at radius 3 is 2.92 bits per heavy atom. The van der Waals surface area contributed by atoms with Gasteiger partial charge >= 0.3 is 5.97 Å². The summed E-state index contributed by atoms with van der Waals surface area (Å²) in [7, 11) is 3.08. The van der Waals surface area contributed by atoms with Crippen LogP contribution in [-0.4, -0.2) is 39.4 Å². The molecule has 4 nitrogen and oxygen atoms in total. The lowest BCUT2D eigenvalue weighted by Crippen LogP contribution is -2.31. The number of nitrogens with one attached hydrogen (secondary N) is 1. The number of hydrogen-bond donors (Lipinski definition) is 1. The van der Waals surface area contributed by atoms with E-state index in [-0.39, 0.29) is 12.0 Å². The third-order valence-corrected chi connectivity index (χ3v) is 2.11. The lowest BCUT2D eigenvalue weighted by Gasteiger charge is -2.07. The average molecular weight is 173 g/mol. The highest BCUT2D eigenvalue weighted by atomic mass is 16.5. The van der Waals surface area contributed by atoms with Gasteiger partial charge < -0.3 is 14.8 Å². The molecule has 0 aromatic carbocycles. The number of hydrogen-bond acceptors (Lipinski definition) is 4. The van der Waals surface area contributed by atoms with E-state index in [1.165, 1.54) is 7.11 Å². The second-order valence-electron chi connectivity index (χ2n) is 3.04. The maximum atomic E-state index is 11.0. The molecule has 0 aliphatic carbocycles. The fourth-order valence-corrected chi connectivity index (χ4v) is 1.49. The zero-order valence-corrected chi connectivity index (χ0v) is 7.50. The standard InChI is InChI=1S/C8H15NO3/c1-11-5-6-3-7(9-4-6)8(10)12-2/h6-7,9H,3-5H2,1-2H3. The maximum absolute atomic E-state index is 11.0. The summed E-state index contributed by atoms with van der Waals surface area (Å²) in [4.78, 5) is 11.0.